The molecule has 0 bridgehead atoms. The lowest BCUT2D eigenvalue weighted by molar-refractivity contribution is -0.113. The molecule has 0 saturated carbocycles. The quantitative estimate of drug-likeness (QED) is 0.249. The third-order valence-corrected chi connectivity index (χ3v) is 6.71. The van der Waals surface area contributed by atoms with E-state index in [1.54, 1.807) is 43.4 Å². The number of rotatable bonds is 6. The highest BCUT2D eigenvalue weighted by molar-refractivity contribution is 8.19. The summed E-state index contributed by atoms with van der Waals surface area (Å²) in [7, 11) is 3.11. The lowest BCUT2D eigenvalue weighted by atomic mass is 10.1. The van der Waals surface area contributed by atoms with Crippen molar-refractivity contribution in [3.63, 3.8) is 0 Å². The molecule has 2 heterocycles. The van der Waals surface area contributed by atoms with Crippen molar-refractivity contribution in [1.29, 1.82) is 0 Å². The van der Waals surface area contributed by atoms with Crippen LogP contribution in [0.4, 0.5) is 11.4 Å². The van der Waals surface area contributed by atoms with Gasteiger partial charge in [0.25, 0.3) is 5.91 Å². The van der Waals surface area contributed by atoms with E-state index in [1.807, 2.05) is 66.7 Å². The van der Waals surface area contributed by atoms with Crippen LogP contribution in [-0.2, 0) is 4.79 Å². The van der Waals surface area contributed by atoms with Crippen LogP contribution >= 0.6 is 23.4 Å². The predicted octanol–water partition coefficient (Wildman–Crippen LogP) is 7.43. The summed E-state index contributed by atoms with van der Waals surface area (Å²) in [5.41, 5.74) is 2.19. The molecule has 0 spiro atoms. The molecule has 0 radical (unpaired) electrons. The maximum absolute atomic E-state index is 13.5. The van der Waals surface area contributed by atoms with Crippen molar-refractivity contribution < 1.29 is 18.7 Å². The average Bonchev–Trinajstić information content (AvgIpc) is 3.49. The number of methoxy groups -OCH3 is 2. The van der Waals surface area contributed by atoms with E-state index in [0.717, 1.165) is 11.4 Å². The maximum atomic E-state index is 13.5. The molecule has 1 aliphatic rings. The molecule has 1 amide bonds. The maximum Gasteiger partial charge on any atom is 0.271 e. The SMILES string of the molecule is COc1cc(-c2ccc(/C=C3\SC(=Nc4ccccc4)N(c4ccccc4)C3=O)o2)c(OC)cc1Cl. The lowest BCUT2D eigenvalue weighted by Gasteiger charge is -2.15. The van der Waals surface area contributed by atoms with Crippen LogP contribution in [0.25, 0.3) is 17.4 Å². The van der Waals surface area contributed by atoms with Gasteiger partial charge in [0.05, 0.1) is 41.1 Å². The number of para-hydroxylation sites is 2. The lowest BCUT2D eigenvalue weighted by Crippen LogP contribution is -2.28. The fourth-order valence-electron chi connectivity index (χ4n) is 3.72. The summed E-state index contributed by atoms with van der Waals surface area (Å²) in [4.78, 5) is 20.3. The van der Waals surface area contributed by atoms with Crippen molar-refractivity contribution in [3.05, 3.63) is 101 Å². The molecular weight excluding hydrogens is 496 g/mol. The molecule has 1 saturated heterocycles. The first-order chi connectivity index (χ1) is 17.6. The second kappa shape index (κ2) is 10.4. The molecule has 1 aliphatic heterocycles. The number of nitrogens with zero attached hydrogens (tertiary/aromatic N) is 2. The van der Waals surface area contributed by atoms with Crippen molar-refractivity contribution in [1.82, 2.24) is 0 Å². The number of ether oxygens (including phenoxy) is 2. The predicted molar refractivity (Wildman–Crippen MR) is 145 cm³/mol. The minimum Gasteiger partial charge on any atom is -0.496 e. The van der Waals surface area contributed by atoms with E-state index < -0.39 is 0 Å². The monoisotopic (exact) mass is 516 g/mol. The number of benzene rings is 3. The van der Waals surface area contributed by atoms with E-state index in [9.17, 15) is 4.79 Å². The third-order valence-electron chi connectivity index (χ3n) is 5.44. The number of hydrogen-bond acceptors (Lipinski definition) is 6. The molecule has 8 heteroatoms. The molecule has 5 rings (SSSR count). The van der Waals surface area contributed by atoms with E-state index in [2.05, 4.69) is 0 Å². The van der Waals surface area contributed by atoms with Crippen LogP contribution in [0.15, 0.2) is 99.2 Å². The Balaban J connectivity index is 1.51. The normalized spacial score (nSPS) is 15.6. The number of carbonyl (C=O) groups is 1. The molecule has 0 unspecified atom stereocenters. The first-order valence-electron chi connectivity index (χ1n) is 11.0. The smallest absolute Gasteiger partial charge is 0.271 e. The summed E-state index contributed by atoms with van der Waals surface area (Å²) < 4.78 is 16.9. The van der Waals surface area contributed by atoms with Crippen LogP contribution in [0, 0.1) is 0 Å². The molecule has 0 N–H and O–H groups in total. The van der Waals surface area contributed by atoms with Crippen LogP contribution < -0.4 is 14.4 Å². The molecule has 1 aromatic heterocycles. The van der Waals surface area contributed by atoms with Crippen molar-refractivity contribution in [3.8, 4) is 22.8 Å². The van der Waals surface area contributed by atoms with Crippen LogP contribution in [0.1, 0.15) is 5.76 Å². The standard InChI is InChI=1S/C28H21ClN2O4S/c1-33-24-17-22(29)25(34-2)16-21(24)23-14-13-20(35-23)15-26-27(32)31(19-11-7-4-8-12-19)28(36-26)30-18-9-5-3-6-10-18/h3-17H,1-2H3/b26-15-,30-28?. The van der Waals surface area contributed by atoms with Gasteiger partial charge in [-0.25, -0.2) is 4.99 Å². The second-order valence-electron chi connectivity index (χ2n) is 7.71. The fraction of sp³-hybridized carbons (Fsp3) is 0.0714. The van der Waals surface area contributed by atoms with Gasteiger partial charge < -0.3 is 13.9 Å². The van der Waals surface area contributed by atoms with Gasteiger partial charge in [-0.15, -0.1) is 0 Å². The molecule has 4 aromatic rings. The van der Waals surface area contributed by atoms with E-state index in [0.29, 0.717) is 43.7 Å². The number of halogens is 1. The van der Waals surface area contributed by atoms with Gasteiger partial charge in [0.15, 0.2) is 5.17 Å². The van der Waals surface area contributed by atoms with Crippen LogP contribution in [0.5, 0.6) is 11.5 Å². The number of furan rings is 1. The van der Waals surface area contributed by atoms with Gasteiger partial charge in [-0.1, -0.05) is 48.0 Å². The number of anilines is 1. The van der Waals surface area contributed by atoms with Crippen molar-refractivity contribution in [2.45, 2.75) is 0 Å². The van der Waals surface area contributed by atoms with Crippen LogP contribution in [-0.4, -0.2) is 25.3 Å². The van der Waals surface area contributed by atoms with Gasteiger partial charge in [-0.05, 0) is 54.2 Å². The number of hydrogen-bond donors (Lipinski definition) is 0. The van der Waals surface area contributed by atoms with Crippen molar-refractivity contribution >= 4 is 51.9 Å². The molecule has 6 nitrogen and oxygen atoms in total. The highest BCUT2D eigenvalue weighted by Crippen LogP contribution is 2.41. The zero-order valence-electron chi connectivity index (χ0n) is 19.5. The van der Waals surface area contributed by atoms with E-state index in [-0.39, 0.29) is 5.91 Å². The van der Waals surface area contributed by atoms with Gasteiger partial charge >= 0.3 is 0 Å². The Labute approximate surface area is 217 Å². The Kier molecular flexibility index (Phi) is 6.84. The summed E-state index contributed by atoms with van der Waals surface area (Å²) in [6.07, 6.45) is 1.72. The zero-order valence-corrected chi connectivity index (χ0v) is 21.0. The van der Waals surface area contributed by atoms with Crippen molar-refractivity contribution in [2.75, 3.05) is 19.1 Å². The minimum absolute atomic E-state index is 0.176. The highest BCUT2D eigenvalue weighted by Gasteiger charge is 2.35. The molecule has 3 aromatic carbocycles. The largest absolute Gasteiger partial charge is 0.496 e. The van der Waals surface area contributed by atoms with E-state index >= 15 is 0 Å². The summed E-state index contributed by atoms with van der Waals surface area (Å²) in [6.45, 7) is 0. The number of amidine groups is 1. The first kappa shape index (κ1) is 23.8. The van der Waals surface area contributed by atoms with Gasteiger partial charge in [0, 0.05) is 12.1 Å². The first-order valence-corrected chi connectivity index (χ1v) is 12.2. The van der Waals surface area contributed by atoms with Gasteiger partial charge in [0.2, 0.25) is 0 Å². The average molecular weight is 517 g/mol. The number of carbonyl (C=O) groups excluding carboxylic acids is 1. The van der Waals surface area contributed by atoms with E-state index in [4.69, 9.17) is 30.5 Å². The Morgan fingerprint density at radius 1 is 0.917 bits per heavy atom. The highest BCUT2D eigenvalue weighted by atomic mass is 35.5. The summed E-state index contributed by atoms with van der Waals surface area (Å²) in [5.74, 6) is 1.95. The minimum atomic E-state index is -0.176. The molecular formula is C28H21ClN2O4S. The summed E-state index contributed by atoms with van der Waals surface area (Å²) in [5, 5.41) is 1.01. The fourth-order valence-corrected chi connectivity index (χ4v) is 4.94. The molecule has 1 fully saturated rings. The Morgan fingerprint density at radius 3 is 2.31 bits per heavy atom. The third kappa shape index (κ3) is 4.76. The number of amides is 1. The number of aliphatic imine (C=N–C) groups is 1. The zero-order chi connectivity index (χ0) is 25.1. The second-order valence-corrected chi connectivity index (χ2v) is 9.12. The van der Waals surface area contributed by atoms with Crippen molar-refractivity contribution in [2.24, 2.45) is 4.99 Å². The molecule has 36 heavy (non-hydrogen) atoms. The Bertz CT molecular complexity index is 1470. The molecule has 180 valence electrons. The molecule has 0 atom stereocenters. The van der Waals surface area contributed by atoms with Gasteiger partial charge in [0.1, 0.15) is 23.0 Å². The van der Waals surface area contributed by atoms with Gasteiger partial charge in [-0.3, -0.25) is 9.69 Å². The Hall–Kier alpha value is -3.94. The van der Waals surface area contributed by atoms with Gasteiger partial charge in [-0.2, -0.15) is 0 Å². The van der Waals surface area contributed by atoms with Crippen LogP contribution in [0.3, 0.4) is 0 Å². The molecule has 0 aliphatic carbocycles. The van der Waals surface area contributed by atoms with E-state index in [1.165, 1.54) is 11.8 Å². The summed E-state index contributed by atoms with van der Waals surface area (Å²) >= 11 is 7.53. The number of thioether (sulfide) groups is 1. The van der Waals surface area contributed by atoms with Crippen LogP contribution in [0.2, 0.25) is 5.02 Å². The Morgan fingerprint density at radius 2 is 1.61 bits per heavy atom. The summed E-state index contributed by atoms with van der Waals surface area (Å²) in [6, 6.07) is 26.1. The topological polar surface area (TPSA) is 64.3 Å².